The number of amides is 1. The van der Waals surface area contributed by atoms with E-state index < -0.39 is 12.0 Å². The summed E-state index contributed by atoms with van der Waals surface area (Å²) in [4.78, 5) is 24.4. The topological polar surface area (TPSA) is 69.6 Å². The molecule has 0 bridgehead atoms. The van der Waals surface area contributed by atoms with Gasteiger partial charge in [0.25, 0.3) is 0 Å². The summed E-state index contributed by atoms with van der Waals surface area (Å²) >= 11 is 0. The summed E-state index contributed by atoms with van der Waals surface area (Å²) in [6.45, 7) is 1.45. The molecule has 5 nitrogen and oxygen atoms in total. The van der Waals surface area contributed by atoms with Crippen LogP contribution >= 0.6 is 0 Å². The molecule has 1 amide bonds. The Bertz CT molecular complexity index is 274. The highest BCUT2D eigenvalue weighted by atomic mass is 16.4. The Labute approximate surface area is 88.4 Å². The predicted molar refractivity (Wildman–Crippen MR) is 53.4 cm³/mol. The van der Waals surface area contributed by atoms with Crippen LogP contribution < -0.4 is 5.32 Å². The summed E-state index contributed by atoms with van der Waals surface area (Å²) < 4.78 is 0. The molecule has 2 N–H and O–H groups in total. The summed E-state index contributed by atoms with van der Waals surface area (Å²) in [7, 11) is 0. The van der Waals surface area contributed by atoms with E-state index in [2.05, 4.69) is 5.32 Å². The summed E-state index contributed by atoms with van der Waals surface area (Å²) in [5, 5.41) is 12.1. The smallest absolute Gasteiger partial charge is 0.326 e. The van der Waals surface area contributed by atoms with Crippen molar-refractivity contribution in [2.75, 3.05) is 13.1 Å². The molecule has 1 unspecified atom stereocenters. The number of carboxylic acids is 1. The average molecular weight is 212 g/mol. The minimum atomic E-state index is -0.876. The number of likely N-dealkylation sites (tertiary alicyclic amines) is 1. The number of carboxylic acid groups (broad SMARTS) is 1. The van der Waals surface area contributed by atoms with Crippen molar-refractivity contribution in [2.24, 2.45) is 0 Å². The predicted octanol–water partition coefficient (Wildman–Crippen LogP) is -0.186. The Kier molecular flexibility index (Phi) is 2.90. The summed E-state index contributed by atoms with van der Waals surface area (Å²) in [6, 6.07) is -0.746. The van der Waals surface area contributed by atoms with Gasteiger partial charge in [0.2, 0.25) is 5.91 Å². The number of hydrogen-bond donors (Lipinski definition) is 2. The molecule has 0 aromatic rings. The number of hydrogen-bond acceptors (Lipinski definition) is 3. The molecular weight excluding hydrogens is 196 g/mol. The van der Waals surface area contributed by atoms with Crippen molar-refractivity contribution in [3.8, 4) is 0 Å². The number of nitrogens with one attached hydrogen (secondary N) is 1. The Morgan fingerprint density at radius 3 is 2.67 bits per heavy atom. The molecule has 2 heterocycles. The van der Waals surface area contributed by atoms with Crippen molar-refractivity contribution >= 4 is 11.9 Å². The molecule has 2 rings (SSSR count). The van der Waals surface area contributed by atoms with Crippen molar-refractivity contribution < 1.29 is 14.7 Å². The first-order valence-electron chi connectivity index (χ1n) is 5.47. The zero-order chi connectivity index (χ0) is 10.8. The van der Waals surface area contributed by atoms with Crippen LogP contribution in [0.5, 0.6) is 0 Å². The van der Waals surface area contributed by atoms with E-state index >= 15 is 0 Å². The second kappa shape index (κ2) is 4.18. The second-order valence-electron chi connectivity index (χ2n) is 4.18. The number of aliphatic carboxylic acids is 1. The van der Waals surface area contributed by atoms with Gasteiger partial charge in [-0.25, -0.2) is 4.79 Å². The highest BCUT2D eigenvalue weighted by molar-refractivity contribution is 5.87. The Balaban J connectivity index is 2.02. The van der Waals surface area contributed by atoms with E-state index in [1.165, 1.54) is 4.90 Å². The molecule has 0 spiro atoms. The zero-order valence-electron chi connectivity index (χ0n) is 8.61. The van der Waals surface area contributed by atoms with E-state index in [1.54, 1.807) is 0 Å². The van der Waals surface area contributed by atoms with Crippen LogP contribution in [-0.2, 0) is 9.59 Å². The molecule has 2 aliphatic heterocycles. The largest absolute Gasteiger partial charge is 0.480 e. The van der Waals surface area contributed by atoms with Crippen molar-refractivity contribution in [3.05, 3.63) is 0 Å². The van der Waals surface area contributed by atoms with Crippen LogP contribution in [0.2, 0.25) is 0 Å². The third-order valence-corrected chi connectivity index (χ3v) is 3.18. The third kappa shape index (κ3) is 1.97. The number of carbonyl (C=O) groups excluding carboxylic acids is 1. The molecule has 2 aliphatic rings. The van der Waals surface area contributed by atoms with Crippen LogP contribution in [0.15, 0.2) is 0 Å². The fourth-order valence-electron chi connectivity index (χ4n) is 2.38. The third-order valence-electron chi connectivity index (χ3n) is 3.18. The molecule has 5 heteroatoms. The fourth-order valence-corrected chi connectivity index (χ4v) is 2.38. The lowest BCUT2D eigenvalue weighted by Crippen LogP contribution is -2.48. The highest BCUT2D eigenvalue weighted by Crippen LogP contribution is 2.20. The van der Waals surface area contributed by atoms with E-state index in [0.717, 1.165) is 25.8 Å². The first-order valence-corrected chi connectivity index (χ1v) is 5.47. The van der Waals surface area contributed by atoms with Gasteiger partial charge in [-0.05, 0) is 32.2 Å². The monoisotopic (exact) mass is 212 g/mol. The van der Waals surface area contributed by atoms with Gasteiger partial charge in [0, 0.05) is 6.54 Å². The van der Waals surface area contributed by atoms with E-state index in [0.29, 0.717) is 13.0 Å². The van der Waals surface area contributed by atoms with Crippen LogP contribution in [0.25, 0.3) is 0 Å². The number of nitrogens with zero attached hydrogens (tertiary/aromatic N) is 1. The van der Waals surface area contributed by atoms with Crippen LogP contribution in [0, 0.1) is 0 Å². The van der Waals surface area contributed by atoms with E-state index in [9.17, 15) is 9.59 Å². The van der Waals surface area contributed by atoms with Crippen LogP contribution in [0.1, 0.15) is 25.7 Å². The Morgan fingerprint density at radius 2 is 2.07 bits per heavy atom. The molecule has 84 valence electrons. The molecule has 0 aromatic heterocycles. The van der Waals surface area contributed by atoms with E-state index in [1.807, 2.05) is 0 Å². The van der Waals surface area contributed by atoms with E-state index in [4.69, 9.17) is 5.11 Å². The molecule has 0 radical (unpaired) electrons. The molecule has 0 saturated carbocycles. The van der Waals surface area contributed by atoms with Crippen LogP contribution in [0.4, 0.5) is 0 Å². The lowest BCUT2D eigenvalue weighted by atomic mass is 10.1. The van der Waals surface area contributed by atoms with E-state index in [-0.39, 0.29) is 11.9 Å². The van der Waals surface area contributed by atoms with Gasteiger partial charge in [0.15, 0.2) is 0 Å². The van der Waals surface area contributed by atoms with Crippen molar-refractivity contribution in [1.82, 2.24) is 10.2 Å². The quantitative estimate of drug-likeness (QED) is 0.666. The maximum Gasteiger partial charge on any atom is 0.326 e. The van der Waals surface area contributed by atoms with Crippen LogP contribution in [0.3, 0.4) is 0 Å². The SMILES string of the molecule is O=C(O)[C@H]1CCCN1C(=O)C1CCCN1. The van der Waals surface area contributed by atoms with Crippen molar-refractivity contribution in [2.45, 2.75) is 37.8 Å². The van der Waals surface area contributed by atoms with Gasteiger partial charge >= 0.3 is 5.97 Å². The zero-order valence-corrected chi connectivity index (χ0v) is 8.61. The normalized spacial score (nSPS) is 30.8. The fraction of sp³-hybridized carbons (Fsp3) is 0.800. The van der Waals surface area contributed by atoms with Gasteiger partial charge in [-0.15, -0.1) is 0 Å². The van der Waals surface area contributed by atoms with Crippen molar-refractivity contribution in [3.63, 3.8) is 0 Å². The average Bonchev–Trinajstić information content (AvgIpc) is 2.88. The minimum absolute atomic E-state index is 0.0302. The molecular formula is C10H16N2O3. The summed E-state index contributed by atoms with van der Waals surface area (Å²) in [5.74, 6) is -0.906. The molecule has 0 aliphatic carbocycles. The minimum Gasteiger partial charge on any atom is -0.480 e. The maximum absolute atomic E-state index is 12.0. The molecule has 2 fully saturated rings. The number of rotatable bonds is 2. The lowest BCUT2D eigenvalue weighted by molar-refractivity contribution is -0.148. The van der Waals surface area contributed by atoms with Gasteiger partial charge in [0.1, 0.15) is 6.04 Å². The van der Waals surface area contributed by atoms with Gasteiger partial charge in [-0.3, -0.25) is 4.79 Å². The molecule has 0 aromatic carbocycles. The molecule has 2 atom stereocenters. The second-order valence-corrected chi connectivity index (χ2v) is 4.18. The first kappa shape index (κ1) is 10.4. The maximum atomic E-state index is 12.0. The summed E-state index contributed by atoms with van der Waals surface area (Å²) in [6.07, 6.45) is 3.23. The van der Waals surface area contributed by atoms with Gasteiger partial charge in [0.05, 0.1) is 6.04 Å². The standard InChI is InChI=1S/C10H16N2O3/c13-9(7-3-1-5-11-7)12-6-2-4-8(12)10(14)15/h7-8,11H,1-6H2,(H,14,15)/t7?,8-/m1/s1. The molecule has 2 saturated heterocycles. The van der Waals surface area contributed by atoms with Crippen molar-refractivity contribution in [1.29, 1.82) is 0 Å². The summed E-state index contributed by atoms with van der Waals surface area (Å²) in [5.41, 5.74) is 0. The first-order chi connectivity index (χ1) is 7.20. The number of carbonyl (C=O) groups is 2. The Morgan fingerprint density at radius 1 is 1.27 bits per heavy atom. The Hall–Kier alpha value is -1.10. The molecule has 15 heavy (non-hydrogen) atoms. The van der Waals surface area contributed by atoms with Gasteiger partial charge < -0.3 is 15.3 Å². The lowest BCUT2D eigenvalue weighted by Gasteiger charge is -2.24. The highest BCUT2D eigenvalue weighted by Gasteiger charge is 2.37. The van der Waals surface area contributed by atoms with Gasteiger partial charge in [-0.2, -0.15) is 0 Å². The van der Waals surface area contributed by atoms with Crippen LogP contribution in [-0.4, -0.2) is 47.1 Å². The van der Waals surface area contributed by atoms with Gasteiger partial charge in [-0.1, -0.05) is 0 Å².